The number of aromatic carboxylic acids is 1. The summed E-state index contributed by atoms with van der Waals surface area (Å²) in [6.07, 6.45) is 0.834. The number of para-hydroxylation sites is 1. The summed E-state index contributed by atoms with van der Waals surface area (Å²) in [6.45, 7) is 0. The highest BCUT2D eigenvalue weighted by Gasteiger charge is 2.20. The molecule has 0 radical (unpaired) electrons. The van der Waals surface area contributed by atoms with Crippen molar-refractivity contribution >= 4 is 57.7 Å². The molecular formula is C18H11Cl2FN2O3. The van der Waals surface area contributed by atoms with Crippen LogP contribution in [-0.2, 0) is 4.79 Å². The van der Waals surface area contributed by atoms with Gasteiger partial charge in [-0.15, -0.1) is 0 Å². The third-order valence-electron chi connectivity index (χ3n) is 3.59. The molecule has 26 heavy (non-hydrogen) atoms. The number of anilines is 1. The SMILES string of the molecule is O=C(Nc1ccccc1)/C(F)=C\c1c(C(=O)O)[nH]c2cc(Cl)cc(Cl)c12. The van der Waals surface area contributed by atoms with Gasteiger partial charge in [0.1, 0.15) is 5.69 Å². The lowest BCUT2D eigenvalue weighted by Gasteiger charge is -2.03. The minimum absolute atomic E-state index is 0.0464. The maximum absolute atomic E-state index is 14.4. The van der Waals surface area contributed by atoms with Crippen LogP contribution in [0.5, 0.6) is 0 Å². The summed E-state index contributed by atoms with van der Waals surface area (Å²) in [5.74, 6) is -3.49. The maximum atomic E-state index is 14.4. The number of H-pyrrole nitrogens is 1. The largest absolute Gasteiger partial charge is 0.477 e. The molecule has 1 amide bonds. The van der Waals surface area contributed by atoms with Gasteiger partial charge in [-0.3, -0.25) is 4.79 Å². The zero-order valence-corrected chi connectivity index (χ0v) is 14.5. The predicted octanol–water partition coefficient (Wildman–Crippen LogP) is 5.12. The molecule has 0 aliphatic carbocycles. The van der Waals surface area contributed by atoms with Crippen LogP contribution in [0.25, 0.3) is 17.0 Å². The normalized spacial score (nSPS) is 11.6. The average molecular weight is 393 g/mol. The first-order valence-electron chi connectivity index (χ1n) is 7.34. The Balaban J connectivity index is 2.06. The van der Waals surface area contributed by atoms with Gasteiger partial charge in [0, 0.05) is 27.2 Å². The molecular weight excluding hydrogens is 382 g/mol. The van der Waals surface area contributed by atoms with E-state index >= 15 is 0 Å². The van der Waals surface area contributed by atoms with Gasteiger partial charge in [0.05, 0.1) is 5.02 Å². The highest BCUT2D eigenvalue weighted by atomic mass is 35.5. The second kappa shape index (κ2) is 7.19. The van der Waals surface area contributed by atoms with E-state index in [4.69, 9.17) is 23.2 Å². The van der Waals surface area contributed by atoms with Crippen molar-refractivity contribution < 1.29 is 19.1 Å². The molecule has 0 saturated heterocycles. The Bertz CT molecular complexity index is 1050. The molecule has 3 N–H and O–H groups in total. The van der Waals surface area contributed by atoms with Crippen molar-refractivity contribution in [2.24, 2.45) is 0 Å². The van der Waals surface area contributed by atoms with Crippen LogP contribution in [0.3, 0.4) is 0 Å². The summed E-state index contributed by atoms with van der Waals surface area (Å²) in [4.78, 5) is 26.1. The molecule has 2 aromatic carbocycles. The molecule has 0 spiro atoms. The van der Waals surface area contributed by atoms with Crippen LogP contribution in [0.1, 0.15) is 16.1 Å². The van der Waals surface area contributed by atoms with Crippen LogP contribution in [0.15, 0.2) is 48.3 Å². The Labute approximate surface area is 157 Å². The van der Waals surface area contributed by atoms with Crippen LogP contribution in [0, 0.1) is 0 Å². The van der Waals surface area contributed by atoms with Gasteiger partial charge in [0.25, 0.3) is 5.91 Å². The molecule has 8 heteroatoms. The summed E-state index contributed by atoms with van der Waals surface area (Å²) < 4.78 is 14.4. The predicted molar refractivity (Wildman–Crippen MR) is 99.4 cm³/mol. The number of aromatic nitrogens is 1. The van der Waals surface area contributed by atoms with Crippen LogP contribution < -0.4 is 5.32 Å². The van der Waals surface area contributed by atoms with Crippen LogP contribution in [0.4, 0.5) is 10.1 Å². The number of hydrogen-bond acceptors (Lipinski definition) is 2. The topological polar surface area (TPSA) is 82.2 Å². The number of carboxylic acid groups (broad SMARTS) is 1. The fourth-order valence-electron chi connectivity index (χ4n) is 2.49. The number of carbonyl (C=O) groups excluding carboxylic acids is 1. The van der Waals surface area contributed by atoms with Crippen LogP contribution in [0.2, 0.25) is 10.0 Å². The van der Waals surface area contributed by atoms with Gasteiger partial charge in [-0.1, -0.05) is 41.4 Å². The number of benzene rings is 2. The quantitative estimate of drug-likeness (QED) is 0.538. The molecule has 0 fully saturated rings. The molecule has 0 bridgehead atoms. The smallest absolute Gasteiger partial charge is 0.352 e. The van der Waals surface area contributed by atoms with E-state index in [1.54, 1.807) is 30.3 Å². The van der Waals surface area contributed by atoms with Gasteiger partial charge in [0.2, 0.25) is 0 Å². The summed E-state index contributed by atoms with van der Waals surface area (Å²) in [7, 11) is 0. The molecule has 3 rings (SSSR count). The van der Waals surface area contributed by atoms with Gasteiger partial charge in [-0.25, -0.2) is 9.18 Å². The minimum atomic E-state index is -1.32. The molecule has 0 saturated carbocycles. The second-order valence-electron chi connectivity index (χ2n) is 5.34. The van der Waals surface area contributed by atoms with Crippen molar-refractivity contribution in [3.05, 3.63) is 69.6 Å². The molecule has 0 aliphatic heterocycles. The first-order valence-corrected chi connectivity index (χ1v) is 8.10. The van der Waals surface area contributed by atoms with Crippen molar-refractivity contribution in [1.29, 1.82) is 0 Å². The molecule has 0 atom stereocenters. The third kappa shape index (κ3) is 3.56. The van der Waals surface area contributed by atoms with Gasteiger partial charge in [-0.2, -0.15) is 0 Å². The van der Waals surface area contributed by atoms with Crippen LogP contribution in [-0.4, -0.2) is 22.0 Å². The number of carboxylic acids is 1. The number of nitrogens with one attached hydrogen (secondary N) is 2. The number of fused-ring (bicyclic) bond motifs is 1. The van der Waals surface area contributed by atoms with Gasteiger partial charge in [-0.05, 0) is 30.3 Å². The maximum Gasteiger partial charge on any atom is 0.352 e. The first-order chi connectivity index (χ1) is 12.4. The summed E-state index contributed by atoms with van der Waals surface area (Å²) in [6, 6.07) is 11.2. The summed E-state index contributed by atoms with van der Waals surface area (Å²) in [5, 5.41) is 12.4. The monoisotopic (exact) mass is 392 g/mol. The highest BCUT2D eigenvalue weighted by molar-refractivity contribution is 6.39. The lowest BCUT2D eigenvalue weighted by Crippen LogP contribution is -2.12. The third-order valence-corrected chi connectivity index (χ3v) is 4.10. The Morgan fingerprint density at radius 2 is 1.85 bits per heavy atom. The fourth-order valence-corrected chi connectivity index (χ4v) is 3.09. The second-order valence-corrected chi connectivity index (χ2v) is 6.19. The molecule has 0 unspecified atom stereocenters. The summed E-state index contributed by atoms with van der Waals surface area (Å²) >= 11 is 12.0. The molecule has 132 valence electrons. The molecule has 3 aromatic rings. The van der Waals surface area contributed by atoms with Crippen molar-refractivity contribution in [2.45, 2.75) is 0 Å². The van der Waals surface area contributed by atoms with Crippen molar-refractivity contribution in [1.82, 2.24) is 4.98 Å². The molecule has 5 nitrogen and oxygen atoms in total. The van der Waals surface area contributed by atoms with E-state index in [0.29, 0.717) is 16.2 Å². The van der Waals surface area contributed by atoms with E-state index in [1.165, 1.54) is 12.1 Å². The number of aromatic amines is 1. The van der Waals surface area contributed by atoms with Crippen LogP contribution >= 0.6 is 23.2 Å². The zero-order chi connectivity index (χ0) is 18.8. The van der Waals surface area contributed by atoms with Gasteiger partial charge < -0.3 is 15.4 Å². The fraction of sp³-hybridized carbons (Fsp3) is 0. The average Bonchev–Trinajstić information content (AvgIpc) is 2.94. The van der Waals surface area contributed by atoms with E-state index in [9.17, 15) is 19.1 Å². The summed E-state index contributed by atoms with van der Waals surface area (Å²) in [5.41, 5.74) is 0.382. The first kappa shape index (κ1) is 18.0. The highest BCUT2D eigenvalue weighted by Crippen LogP contribution is 2.34. The number of carbonyl (C=O) groups is 2. The number of halogens is 3. The van der Waals surface area contributed by atoms with Gasteiger partial charge in [0.15, 0.2) is 5.83 Å². The lowest BCUT2D eigenvalue weighted by atomic mass is 10.1. The van der Waals surface area contributed by atoms with Crippen molar-refractivity contribution in [2.75, 3.05) is 5.32 Å². The van der Waals surface area contributed by atoms with Gasteiger partial charge >= 0.3 is 5.97 Å². The van der Waals surface area contributed by atoms with E-state index in [1.807, 2.05) is 0 Å². The Morgan fingerprint density at radius 1 is 1.15 bits per heavy atom. The van der Waals surface area contributed by atoms with E-state index in [2.05, 4.69) is 10.3 Å². The zero-order valence-electron chi connectivity index (χ0n) is 13.0. The van der Waals surface area contributed by atoms with E-state index in [0.717, 1.165) is 6.08 Å². The molecule has 1 heterocycles. The Hall–Kier alpha value is -2.83. The van der Waals surface area contributed by atoms with E-state index < -0.39 is 17.7 Å². The standard InChI is InChI=1S/C18H11Cl2FN2O3/c19-9-6-12(20)15-11(16(18(25)26)23-14(15)7-9)8-13(21)17(24)22-10-4-2-1-3-5-10/h1-8,23H,(H,22,24)(H,25,26)/b13-8+. The molecule has 0 aliphatic rings. The van der Waals surface area contributed by atoms with Crippen molar-refractivity contribution in [3.63, 3.8) is 0 Å². The van der Waals surface area contributed by atoms with E-state index in [-0.39, 0.29) is 21.7 Å². The lowest BCUT2D eigenvalue weighted by molar-refractivity contribution is -0.114. The number of rotatable bonds is 4. The number of amides is 1. The Kier molecular flexibility index (Phi) is 4.97. The molecule has 1 aromatic heterocycles. The number of hydrogen-bond donors (Lipinski definition) is 3. The van der Waals surface area contributed by atoms with Crippen molar-refractivity contribution in [3.8, 4) is 0 Å². The Morgan fingerprint density at radius 3 is 2.50 bits per heavy atom. The minimum Gasteiger partial charge on any atom is -0.477 e.